The van der Waals surface area contributed by atoms with E-state index in [1.165, 1.54) is 28.2 Å². The molecule has 0 aliphatic rings. The Morgan fingerprint density at radius 2 is 1.72 bits per heavy atom. The maximum Gasteiger partial charge on any atom is 0.416 e. The predicted molar refractivity (Wildman–Crippen MR) is 118 cm³/mol. The fourth-order valence-corrected chi connectivity index (χ4v) is 5.54. The van der Waals surface area contributed by atoms with E-state index in [-0.39, 0.29) is 10.6 Å². The Morgan fingerprint density at radius 1 is 1.03 bits per heavy atom. The fourth-order valence-electron chi connectivity index (χ4n) is 3.19. The number of sulfonamides is 1. The standard InChI is InChI=1S/C21H23F3N4O2S2/c1-4-28(5-2)32(29,30)18-11-7-9-16(13-18)19-25-26-20(27(19)3)31-14-15-8-6-10-17(12-15)21(22,23)24/h6-13H,4-5,14H2,1-3H3. The number of hydrogen-bond donors (Lipinski definition) is 0. The first-order chi connectivity index (χ1) is 15.1. The van der Waals surface area contributed by atoms with Gasteiger partial charge in [-0.2, -0.15) is 17.5 Å². The third-order valence-electron chi connectivity index (χ3n) is 4.89. The second-order valence-corrected chi connectivity index (χ2v) is 9.85. The van der Waals surface area contributed by atoms with Crippen LogP contribution in [0.25, 0.3) is 11.4 Å². The normalized spacial score (nSPS) is 12.5. The fraction of sp³-hybridized carbons (Fsp3) is 0.333. The van der Waals surface area contributed by atoms with Crippen molar-refractivity contribution in [1.29, 1.82) is 0 Å². The van der Waals surface area contributed by atoms with Gasteiger partial charge in [0.1, 0.15) is 0 Å². The Balaban J connectivity index is 1.83. The van der Waals surface area contributed by atoms with E-state index in [0.717, 1.165) is 12.1 Å². The molecule has 3 aromatic rings. The van der Waals surface area contributed by atoms with Gasteiger partial charge in [0.2, 0.25) is 10.0 Å². The number of hydrogen-bond acceptors (Lipinski definition) is 5. The average Bonchev–Trinajstić information content (AvgIpc) is 3.13. The largest absolute Gasteiger partial charge is 0.416 e. The van der Waals surface area contributed by atoms with E-state index in [4.69, 9.17) is 0 Å². The maximum atomic E-state index is 12.9. The van der Waals surface area contributed by atoms with Gasteiger partial charge in [-0.1, -0.05) is 55.9 Å². The molecule has 0 saturated carbocycles. The van der Waals surface area contributed by atoms with Crippen LogP contribution in [0, 0.1) is 0 Å². The Hall–Kier alpha value is -2.37. The number of alkyl halides is 3. The molecule has 0 N–H and O–H groups in total. The summed E-state index contributed by atoms with van der Waals surface area (Å²) in [5.41, 5.74) is 0.404. The Morgan fingerprint density at radius 3 is 2.38 bits per heavy atom. The predicted octanol–water partition coefficient (Wildman–Crippen LogP) is 4.82. The van der Waals surface area contributed by atoms with E-state index in [1.807, 2.05) is 0 Å². The minimum Gasteiger partial charge on any atom is -0.305 e. The highest BCUT2D eigenvalue weighted by Crippen LogP contribution is 2.32. The molecule has 32 heavy (non-hydrogen) atoms. The summed E-state index contributed by atoms with van der Waals surface area (Å²) in [5, 5.41) is 8.81. The van der Waals surface area contributed by atoms with Gasteiger partial charge in [0, 0.05) is 31.5 Å². The van der Waals surface area contributed by atoms with E-state index in [2.05, 4.69) is 10.2 Å². The lowest BCUT2D eigenvalue weighted by molar-refractivity contribution is -0.137. The third kappa shape index (κ3) is 5.16. The summed E-state index contributed by atoms with van der Waals surface area (Å²) in [6.45, 7) is 4.29. The van der Waals surface area contributed by atoms with Crippen LogP contribution in [0.4, 0.5) is 13.2 Å². The molecule has 3 rings (SSSR count). The molecule has 0 unspecified atom stereocenters. The Bertz CT molecular complexity index is 1190. The highest BCUT2D eigenvalue weighted by Gasteiger charge is 2.30. The lowest BCUT2D eigenvalue weighted by Crippen LogP contribution is -2.30. The monoisotopic (exact) mass is 484 g/mol. The second-order valence-electron chi connectivity index (χ2n) is 6.97. The van der Waals surface area contributed by atoms with Gasteiger partial charge < -0.3 is 4.57 Å². The number of rotatable bonds is 8. The van der Waals surface area contributed by atoms with Crippen molar-refractivity contribution in [2.24, 2.45) is 7.05 Å². The van der Waals surface area contributed by atoms with Crippen LogP contribution in [0.15, 0.2) is 58.6 Å². The number of aromatic nitrogens is 3. The average molecular weight is 485 g/mol. The molecule has 0 amide bonds. The smallest absolute Gasteiger partial charge is 0.305 e. The first-order valence-electron chi connectivity index (χ1n) is 9.86. The number of thioether (sulfide) groups is 1. The molecule has 0 atom stereocenters. The van der Waals surface area contributed by atoms with Gasteiger partial charge in [0.15, 0.2) is 11.0 Å². The summed E-state index contributed by atoms with van der Waals surface area (Å²) < 4.78 is 67.5. The topological polar surface area (TPSA) is 68.1 Å². The van der Waals surface area contributed by atoms with Gasteiger partial charge in [-0.05, 0) is 23.8 Å². The van der Waals surface area contributed by atoms with Gasteiger partial charge in [-0.25, -0.2) is 8.42 Å². The zero-order valence-electron chi connectivity index (χ0n) is 17.8. The van der Waals surface area contributed by atoms with Crippen LogP contribution in [-0.4, -0.2) is 40.6 Å². The SMILES string of the molecule is CCN(CC)S(=O)(=O)c1cccc(-c2nnc(SCc3cccc(C(F)(F)F)c3)n2C)c1. The van der Waals surface area contributed by atoms with Crippen molar-refractivity contribution in [1.82, 2.24) is 19.1 Å². The van der Waals surface area contributed by atoms with Crippen LogP contribution in [0.3, 0.4) is 0 Å². The van der Waals surface area contributed by atoms with Crippen molar-refractivity contribution in [3.63, 3.8) is 0 Å². The summed E-state index contributed by atoms with van der Waals surface area (Å²) in [6.07, 6.45) is -4.39. The molecule has 6 nitrogen and oxygen atoms in total. The molecule has 11 heteroatoms. The van der Waals surface area contributed by atoms with E-state index >= 15 is 0 Å². The van der Waals surface area contributed by atoms with Gasteiger partial charge in [0.05, 0.1) is 10.5 Å². The van der Waals surface area contributed by atoms with E-state index < -0.39 is 21.8 Å². The van der Waals surface area contributed by atoms with Crippen molar-refractivity contribution in [2.45, 2.75) is 35.8 Å². The maximum absolute atomic E-state index is 12.9. The Kier molecular flexibility index (Phi) is 7.31. The quantitative estimate of drug-likeness (QED) is 0.429. The van der Waals surface area contributed by atoms with Gasteiger partial charge >= 0.3 is 6.18 Å². The summed E-state index contributed by atoms with van der Waals surface area (Å²) in [6, 6.07) is 11.6. The number of halogens is 3. The Labute approximate surface area is 189 Å². The summed E-state index contributed by atoms with van der Waals surface area (Å²) >= 11 is 1.25. The minimum absolute atomic E-state index is 0.167. The molecule has 1 heterocycles. The molecule has 0 aliphatic carbocycles. The van der Waals surface area contributed by atoms with Crippen molar-refractivity contribution in [3.05, 3.63) is 59.7 Å². The molecule has 0 saturated heterocycles. The molecule has 0 aliphatic heterocycles. The number of benzene rings is 2. The zero-order chi connectivity index (χ0) is 23.5. The summed E-state index contributed by atoms with van der Waals surface area (Å²) in [4.78, 5) is 0.167. The number of nitrogens with zero attached hydrogens (tertiary/aromatic N) is 4. The van der Waals surface area contributed by atoms with Gasteiger partial charge in [0.25, 0.3) is 0 Å². The van der Waals surface area contributed by atoms with Crippen LogP contribution in [0.2, 0.25) is 0 Å². The highest BCUT2D eigenvalue weighted by molar-refractivity contribution is 7.98. The van der Waals surface area contributed by atoms with Gasteiger partial charge in [-0.3, -0.25) is 0 Å². The van der Waals surface area contributed by atoms with Crippen LogP contribution in [0.1, 0.15) is 25.0 Å². The minimum atomic E-state index is -4.39. The van der Waals surface area contributed by atoms with E-state index in [9.17, 15) is 21.6 Å². The molecule has 0 spiro atoms. The molecule has 2 aromatic carbocycles. The molecular weight excluding hydrogens is 461 g/mol. The lowest BCUT2D eigenvalue weighted by atomic mass is 10.1. The van der Waals surface area contributed by atoms with E-state index in [1.54, 1.807) is 49.7 Å². The molecule has 0 bridgehead atoms. The summed E-state index contributed by atoms with van der Waals surface area (Å²) in [7, 11) is -1.89. The molecular formula is C21H23F3N4O2S2. The zero-order valence-corrected chi connectivity index (χ0v) is 19.4. The highest BCUT2D eigenvalue weighted by atomic mass is 32.2. The van der Waals surface area contributed by atoms with Crippen molar-refractivity contribution in [3.8, 4) is 11.4 Å². The van der Waals surface area contributed by atoms with Crippen LogP contribution >= 0.6 is 11.8 Å². The van der Waals surface area contributed by atoms with Crippen molar-refractivity contribution >= 4 is 21.8 Å². The molecule has 1 aromatic heterocycles. The van der Waals surface area contributed by atoms with Crippen molar-refractivity contribution in [2.75, 3.05) is 13.1 Å². The van der Waals surface area contributed by atoms with Gasteiger partial charge in [-0.15, -0.1) is 10.2 Å². The van der Waals surface area contributed by atoms with E-state index in [0.29, 0.717) is 35.2 Å². The van der Waals surface area contributed by atoms with Crippen LogP contribution < -0.4 is 0 Å². The van der Waals surface area contributed by atoms with Crippen LogP contribution in [0.5, 0.6) is 0 Å². The molecule has 0 radical (unpaired) electrons. The lowest BCUT2D eigenvalue weighted by Gasteiger charge is -2.18. The summed E-state index contributed by atoms with van der Waals surface area (Å²) in [5.74, 6) is 0.750. The first-order valence-corrected chi connectivity index (χ1v) is 12.3. The third-order valence-corrected chi connectivity index (χ3v) is 8.03. The molecule has 172 valence electrons. The second kappa shape index (κ2) is 9.63. The van der Waals surface area contributed by atoms with Crippen molar-refractivity contribution < 1.29 is 21.6 Å². The van der Waals surface area contributed by atoms with Crippen LogP contribution in [-0.2, 0) is 29.0 Å². The molecule has 0 fully saturated rings. The first kappa shape index (κ1) is 24.3.